The molecule has 2 aliphatic rings. The normalized spacial score (nSPS) is 21.9. The highest BCUT2D eigenvalue weighted by Crippen LogP contribution is 2.30. The molecule has 1 saturated heterocycles. The molecule has 2 atom stereocenters. The van der Waals surface area contributed by atoms with Gasteiger partial charge in [-0.3, -0.25) is 14.7 Å². The Balaban J connectivity index is 1.46. The number of aryl methyl sites for hydroxylation is 1. The lowest BCUT2D eigenvalue weighted by Gasteiger charge is -2.20. The molecule has 2 amide bonds. The molecule has 2 aliphatic heterocycles. The molecular formula is C18H20N4O4. The van der Waals surface area contributed by atoms with Crippen molar-refractivity contribution in [1.29, 1.82) is 0 Å². The predicted molar refractivity (Wildman–Crippen MR) is 93.0 cm³/mol. The lowest BCUT2D eigenvalue weighted by molar-refractivity contribution is -0.118. The number of carbonyl (C=O) groups excluding carboxylic acids is 2. The first-order valence-electron chi connectivity index (χ1n) is 8.54. The van der Waals surface area contributed by atoms with Gasteiger partial charge in [0.05, 0.1) is 17.5 Å². The van der Waals surface area contributed by atoms with Crippen molar-refractivity contribution in [2.24, 2.45) is 5.92 Å². The first-order valence-corrected chi connectivity index (χ1v) is 8.54. The molecule has 0 unspecified atom stereocenters. The van der Waals surface area contributed by atoms with Crippen LogP contribution in [-0.2, 0) is 11.2 Å². The average Bonchev–Trinajstić information content (AvgIpc) is 3.20. The number of aliphatic hydroxyl groups excluding tert-OH is 1. The zero-order chi connectivity index (χ0) is 18.3. The number of nitrogens with one attached hydrogen (secondary N) is 2. The molecule has 3 N–H and O–H groups in total. The van der Waals surface area contributed by atoms with Gasteiger partial charge in [-0.2, -0.15) is 5.10 Å². The van der Waals surface area contributed by atoms with E-state index in [9.17, 15) is 14.7 Å². The van der Waals surface area contributed by atoms with Crippen molar-refractivity contribution in [2.75, 3.05) is 25.0 Å². The number of nitrogens with zero attached hydrogens (tertiary/aromatic N) is 2. The van der Waals surface area contributed by atoms with Crippen LogP contribution in [0.3, 0.4) is 0 Å². The molecule has 0 saturated carbocycles. The van der Waals surface area contributed by atoms with Gasteiger partial charge in [-0.25, -0.2) is 0 Å². The van der Waals surface area contributed by atoms with Gasteiger partial charge in [0.1, 0.15) is 5.75 Å². The number of hydrogen-bond donors (Lipinski definition) is 3. The van der Waals surface area contributed by atoms with Gasteiger partial charge < -0.3 is 20.1 Å². The largest absolute Gasteiger partial charge is 0.482 e. The molecule has 3 heterocycles. The fourth-order valence-electron chi connectivity index (χ4n) is 3.46. The van der Waals surface area contributed by atoms with Gasteiger partial charge in [-0.1, -0.05) is 0 Å². The molecule has 26 heavy (non-hydrogen) atoms. The monoisotopic (exact) mass is 356 g/mol. The highest BCUT2D eigenvalue weighted by molar-refractivity contribution is 5.99. The maximum absolute atomic E-state index is 12.8. The summed E-state index contributed by atoms with van der Waals surface area (Å²) in [6.07, 6.45) is 0.0401. The van der Waals surface area contributed by atoms with E-state index in [0.29, 0.717) is 36.5 Å². The van der Waals surface area contributed by atoms with Crippen LogP contribution in [0.25, 0.3) is 0 Å². The molecule has 136 valence electrons. The number of amides is 2. The second-order valence-electron chi connectivity index (χ2n) is 6.83. The SMILES string of the molecule is Cc1cc(C[C@@H]2CN(C(=O)c3ccc4c(c3)OCC(=O)N4)C[C@H]2O)n[nH]1. The first-order chi connectivity index (χ1) is 12.5. The van der Waals surface area contributed by atoms with Crippen LogP contribution in [0.5, 0.6) is 5.75 Å². The van der Waals surface area contributed by atoms with Crippen molar-refractivity contribution in [3.63, 3.8) is 0 Å². The summed E-state index contributed by atoms with van der Waals surface area (Å²) in [6, 6.07) is 6.91. The Morgan fingerprint density at radius 1 is 1.38 bits per heavy atom. The van der Waals surface area contributed by atoms with Crippen molar-refractivity contribution in [3.05, 3.63) is 41.2 Å². The molecule has 8 nitrogen and oxygen atoms in total. The summed E-state index contributed by atoms with van der Waals surface area (Å²) >= 11 is 0. The van der Waals surface area contributed by atoms with Crippen molar-refractivity contribution in [2.45, 2.75) is 19.4 Å². The zero-order valence-corrected chi connectivity index (χ0v) is 14.4. The van der Waals surface area contributed by atoms with Crippen LogP contribution in [-0.4, -0.2) is 57.8 Å². The van der Waals surface area contributed by atoms with Crippen LogP contribution in [0.2, 0.25) is 0 Å². The van der Waals surface area contributed by atoms with E-state index in [0.717, 1.165) is 11.4 Å². The van der Waals surface area contributed by atoms with Gasteiger partial charge in [0.25, 0.3) is 11.8 Å². The number of carbonyl (C=O) groups is 2. The van der Waals surface area contributed by atoms with Crippen LogP contribution in [0.1, 0.15) is 21.7 Å². The second-order valence-corrected chi connectivity index (χ2v) is 6.83. The van der Waals surface area contributed by atoms with E-state index in [1.165, 1.54) is 0 Å². The van der Waals surface area contributed by atoms with Gasteiger partial charge >= 0.3 is 0 Å². The average molecular weight is 356 g/mol. The van der Waals surface area contributed by atoms with Crippen LogP contribution in [0, 0.1) is 12.8 Å². The summed E-state index contributed by atoms with van der Waals surface area (Å²) in [5, 5.41) is 20.1. The molecule has 0 aliphatic carbocycles. The Labute approximate surface area is 150 Å². The molecular weight excluding hydrogens is 336 g/mol. The number of benzene rings is 1. The Morgan fingerprint density at radius 2 is 2.23 bits per heavy atom. The van der Waals surface area contributed by atoms with E-state index in [4.69, 9.17) is 4.74 Å². The third-order valence-electron chi connectivity index (χ3n) is 4.79. The van der Waals surface area contributed by atoms with E-state index in [2.05, 4.69) is 15.5 Å². The van der Waals surface area contributed by atoms with Gasteiger partial charge in [-0.15, -0.1) is 0 Å². The highest BCUT2D eigenvalue weighted by atomic mass is 16.5. The van der Waals surface area contributed by atoms with Crippen LogP contribution in [0.4, 0.5) is 5.69 Å². The Bertz CT molecular complexity index is 863. The summed E-state index contributed by atoms with van der Waals surface area (Å²) < 4.78 is 5.37. The lowest BCUT2D eigenvalue weighted by atomic mass is 10.0. The number of anilines is 1. The second kappa shape index (κ2) is 6.45. The van der Waals surface area contributed by atoms with Crippen molar-refractivity contribution >= 4 is 17.5 Å². The maximum Gasteiger partial charge on any atom is 0.262 e. The number of aromatic amines is 1. The molecule has 2 aromatic rings. The number of aromatic nitrogens is 2. The van der Waals surface area contributed by atoms with Gasteiger partial charge in [0, 0.05) is 30.3 Å². The van der Waals surface area contributed by atoms with E-state index >= 15 is 0 Å². The number of β-amino-alcohol motifs (C(OH)–C–C–N with tert-alkyl or cyclic N) is 1. The Kier molecular flexibility index (Phi) is 4.12. The number of ether oxygens (including phenoxy) is 1. The molecule has 4 rings (SSSR count). The highest BCUT2D eigenvalue weighted by Gasteiger charge is 2.35. The van der Waals surface area contributed by atoms with Crippen molar-refractivity contribution in [3.8, 4) is 5.75 Å². The Morgan fingerprint density at radius 3 is 3.00 bits per heavy atom. The predicted octanol–water partition coefficient (Wildman–Crippen LogP) is 0.725. The minimum Gasteiger partial charge on any atom is -0.482 e. The van der Waals surface area contributed by atoms with Gasteiger partial charge in [-0.05, 0) is 37.6 Å². The summed E-state index contributed by atoms with van der Waals surface area (Å²) in [7, 11) is 0. The topological polar surface area (TPSA) is 108 Å². The first kappa shape index (κ1) is 16.6. The summed E-state index contributed by atoms with van der Waals surface area (Å²) in [5.41, 5.74) is 2.90. The van der Waals surface area contributed by atoms with Crippen molar-refractivity contribution < 1.29 is 19.4 Å². The number of rotatable bonds is 3. The quantitative estimate of drug-likeness (QED) is 0.751. The number of likely N-dealkylation sites (tertiary alicyclic amines) is 1. The van der Waals surface area contributed by atoms with Gasteiger partial charge in [0.15, 0.2) is 6.61 Å². The third kappa shape index (κ3) is 3.15. The summed E-state index contributed by atoms with van der Waals surface area (Å²) in [5.74, 6) is 0.0669. The summed E-state index contributed by atoms with van der Waals surface area (Å²) in [4.78, 5) is 25.8. The number of aliphatic hydroxyl groups is 1. The van der Waals surface area contributed by atoms with E-state index in [1.807, 2.05) is 13.0 Å². The van der Waals surface area contributed by atoms with Gasteiger partial charge in [0.2, 0.25) is 0 Å². The number of hydrogen-bond acceptors (Lipinski definition) is 5. The smallest absolute Gasteiger partial charge is 0.262 e. The summed E-state index contributed by atoms with van der Waals surface area (Å²) in [6.45, 7) is 2.64. The number of H-pyrrole nitrogens is 1. The third-order valence-corrected chi connectivity index (χ3v) is 4.79. The molecule has 0 bridgehead atoms. The van der Waals surface area contributed by atoms with Crippen molar-refractivity contribution in [1.82, 2.24) is 15.1 Å². The molecule has 0 radical (unpaired) electrons. The Hall–Kier alpha value is -2.87. The lowest BCUT2D eigenvalue weighted by Crippen LogP contribution is -2.30. The fourth-order valence-corrected chi connectivity index (χ4v) is 3.46. The van der Waals surface area contributed by atoms with Crippen LogP contribution in [0.15, 0.2) is 24.3 Å². The van der Waals surface area contributed by atoms with E-state index in [-0.39, 0.29) is 24.3 Å². The molecule has 1 fully saturated rings. The standard InChI is InChI=1S/C18H20N4O4/c1-10-4-13(21-20-10)5-12-7-22(8-15(12)23)18(25)11-2-3-14-16(6-11)26-9-17(24)19-14/h2-4,6,12,15,23H,5,7-9H2,1H3,(H,19,24)(H,20,21)/t12-,15-/m1/s1. The minimum absolute atomic E-state index is 0.0465. The van der Waals surface area contributed by atoms with Crippen LogP contribution < -0.4 is 10.1 Å². The molecule has 0 spiro atoms. The van der Waals surface area contributed by atoms with E-state index < -0.39 is 6.10 Å². The molecule has 1 aromatic carbocycles. The minimum atomic E-state index is -0.580. The fraction of sp³-hybridized carbons (Fsp3) is 0.389. The van der Waals surface area contributed by atoms with E-state index in [1.54, 1.807) is 23.1 Å². The molecule has 1 aromatic heterocycles. The number of fused-ring (bicyclic) bond motifs is 1. The zero-order valence-electron chi connectivity index (χ0n) is 14.4. The maximum atomic E-state index is 12.8. The van der Waals surface area contributed by atoms with Crippen LogP contribution >= 0.6 is 0 Å². The molecule has 8 heteroatoms.